The second kappa shape index (κ2) is 3.93. The molecule has 0 amide bonds. The Labute approximate surface area is 92.0 Å². The Kier molecular flexibility index (Phi) is 2.60. The molecule has 0 spiro atoms. The van der Waals surface area contributed by atoms with Gasteiger partial charge in [-0.1, -0.05) is 11.6 Å². The fourth-order valence-corrected chi connectivity index (χ4v) is 1.59. The van der Waals surface area contributed by atoms with E-state index in [1.54, 1.807) is 12.1 Å². The van der Waals surface area contributed by atoms with Crippen LogP contribution in [0, 0.1) is 18.6 Å². The molecule has 0 saturated heterocycles. The first-order valence-electron chi connectivity index (χ1n) is 4.82. The molecule has 2 aromatic rings. The van der Waals surface area contributed by atoms with Crippen LogP contribution in [0.3, 0.4) is 0 Å². The van der Waals surface area contributed by atoms with E-state index in [-0.39, 0.29) is 11.3 Å². The number of hydrogen-bond donors (Lipinski definition) is 1. The molecule has 0 aliphatic carbocycles. The third-order valence-corrected chi connectivity index (χ3v) is 2.32. The van der Waals surface area contributed by atoms with Gasteiger partial charge in [0.15, 0.2) is 0 Å². The number of aryl methyl sites for hydroxylation is 1. The molecule has 0 aliphatic heterocycles. The number of hydrogen-bond acceptors (Lipinski definition) is 1. The third-order valence-electron chi connectivity index (χ3n) is 2.32. The molecule has 0 heterocycles. The number of benzene rings is 2. The minimum absolute atomic E-state index is 0.212. The summed E-state index contributed by atoms with van der Waals surface area (Å²) in [6.45, 7) is 1.82. The van der Waals surface area contributed by atoms with Crippen molar-refractivity contribution in [3.8, 4) is 16.9 Å². The highest BCUT2D eigenvalue weighted by Crippen LogP contribution is 2.27. The Bertz CT molecular complexity index is 515. The quantitative estimate of drug-likeness (QED) is 0.777. The summed E-state index contributed by atoms with van der Waals surface area (Å²) in [5.74, 6) is -1.23. The Balaban J connectivity index is 2.62. The molecule has 0 saturated carbocycles. The van der Waals surface area contributed by atoms with E-state index in [2.05, 4.69) is 0 Å². The van der Waals surface area contributed by atoms with Gasteiger partial charge in [-0.25, -0.2) is 8.78 Å². The van der Waals surface area contributed by atoms with Crippen molar-refractivity contribution in [2.75, 3.05) is 0 Å². The summed E-state index contributed by atoms with van der Waals surface area (Å²) in [7, 11) is 0. The van der Waals surface area contributed by atoms with Gasteiger partial charge in [0.2, 0.25) is 0 Å². The Hall–Kier alpha value is -1.90. The van der Waals surface area contributed by atoms with E-state index in [0.29, 0.717) is 5.56 Å². The van der Waals surface area contributed by atoms with Gasteiger partial charge >= 0.3 is 0 Å². The zero-order chi connectivity index (χ0) is 11.7. The van der Waals surface area contributed by atoms with Gasteiger partial charge in [-0.15, -0.1) is 0 Å². The van der Waals surface area contributed by atoms with Crippen LogP contribution in [-0.2, 0) is 0 Å². The van der Waals surface area contributed by atoms with Crippen molar-refractivity contribution >= 4 is 0 Å². The summed E-state index contributed by atoms with van der Waals surface area (Å²) < 4.78 is 26.6. The maximum absolute atomic E-state index is 13.5. The number of aromatic hydroxyl groups is 1. The third kappa shape index (κ3) is 2.03. The molecular formula is C13H10F2O. The van der Waals surface area contributed by atoms with Gasteiger partial charge in [0.1, 0.15) is 17.4 Å². The van der Waals surface area contributed by atoms with Gasteiger partial charge in [-0.3, -0.25) is 0 Å². The molecule has 2 rings (SSSR count). The van der Waals surface area contributed by atoms with Crippen LogP contribution in [0.2, 0.25) is 0 Å². The Morgan fingerprint density at radius 3 is 2.44 bits per heavy atom. The van der Waals surface area contributed by atoms with Crippen molar-refractivity contribution in [2.45, 2.75) is 6.92 Å². The van der Waals surface area contributed by atoms with Crippen LogP contribution in [-0.4, -0.2) is 5.11 Å². The highest BCUT2D eigenvalue weighted by molar-refractivity contribution is 5.66. The number of rotatable bonds is 1. The summed E-state index contributed by atoms with van der Waals surface area (Å²) in [4.78, 5) is 0. The van der Waals surface area contributed by atoms with Crippen LogP contribution in [0.25, 0.3) is 11.1 Å². The minimum Gasteiger partial charge on any atom is -0.508 e. The van der Waals surface area contributed by atoms with E-state index in [4.69, 9.17) is 0 Å². The predicted octanol–water partition coefficient (Wildman–Crippen LogP) is 3.65. The minimum atomic E-state index is -0.587. The van der Waals surface area contributed by atoms with Gasteiger partial charge in [0.25, 0.3) is 0 Å². The van der Waals surface area contributed by atoms with Crippen LogP contribution in [0.5, 0.6) is 5.75 Å². The van der Waals surface area contributed by atoms with Gasteiger partial charge in [0, 0.05) is 11.6 Å². The van der Waals surface area contributed by atoms with E-state index >= 15 is 0 Å². The largest absolute Gasteiger partial charge is 0.508 e. The lowest BCUT2D eigenvalue weighted by Crippen LogP contribution is -1.87. The summed E-state index contributed by atoms with van der Waals surface area (Å²) in [5.41, 5.74) is 1.49. The lowest BCUT2D eigenvalue weighted by Gasteiger charge is -2.05. The number of phenolic OH excluding ortho intramolecular Hbond substituents is 1. The maximum Gasteiger partial charge on any atom is 0.131 e. The smallest absolute Gasteiger partial charge is 0.131 e. The first kappa shape index (κ1) is 10.6. The van der Waals surface area contributed by atoms with Gasteiger partial charge < -0.3 is 5.11 Å². The molecule has 3 heteroatoms. The lowest BCUT2D eigenvalue weighted by molar-refractivity contribution is 0.469. The van der Waals surface area contributed by atoms with Crippen LogP contribution in [0.1, 0.15) is 5.56 Å². The van der Waals surface area contributed by atoms with Gasteiger partial charge in [-0.2, -0.15) is 0 Å². The molecule has 0 unspecified atom stereocenters. The second-order valence-corrected chi connectivity index (χ2v) is 3.68. The Morgan fingerprint density at radius 2 is 1.75 bits per heavy atom. The zero-order valence-corrected chi connectivity index (χ0v) is 8.67. The molecule has 0 aromatic heterocycles. The maximum atomic E-state index is 13.5. The summed E-state index contributed by atoms with van der Waals surface area (Å²) in [5, 5.41) is 9.25. The monoisotopic (exact) mass is 220 g/mol. The van der Waals surface area contributed by atoms with Gasteiger partial charge in [-0.05, 0) is 36.8 Å². The molecule has 0 aliphatic rings. The van der Waals surface area contributed by atoms with Crippen LogP contribution in [0.4, 0.5) is 8.78 Å². The van der Waals surface area contributed by atoms with Crippen molar-refractivity contribution in [3.05, 3.63) is 53.6 Å². The van der Waals surface area contributed by atoms with E-state index in [1.165, 1.54) is 18.2 Å². The first-order valence-corrected chi connectivity index (χ1v) is 4.82. The van der Waals surface area contributed by atoms with E-state index in [0.717, 1.165) is 11.6 Å². The lowest BCUT2D eigenvalue weighted by atomic mass is 10.0. The van der Waals surface area contributed by atoms with Crippen molar-refractivity contribution in [1.29, 1.82) is 0 Å². The average Bonchev–Trinajstić information content (AvgIpc) is 2.20. The first-order chi connectivity index (χ1) is 7.56. The number of halogens is 2. The fraction of sp³-hybridized carbons (Fsp3) is 0.0769. The normalized spacial score (nSPS) is 10.4. The predicted molar refractivity (Wildman–Crippen MR) is 58.2 cm³/mol. The number of phenols is 1. The highest BCUT2D eigenvalue weighted by atomic mass is 19.1. The highest BCUT2D eigenvalue weighted by Gasteiger charge is 2.07. The molecule has 0 atom stereocenters. The van der Waals surface area contributed by atoms with Crippen LogP contribution < -0.4 is 0 Å². The van der Waals surface area contributed by atoms with Crippen molar-refractivity contribution in [3.63, 3.8) is 0 Å². The van der Waals surface area contributed by atoms with Crippen molar-refractivity contribution < 1.29 is 13.9 Å². The molecule has 0 fully saturated rings. The van der Waals surface area contributed by atoms with E-state index < -0.39 is 11.6 Å². The standard InChI is InChI=1S/C13H10F2O/c1-8-2-3-13(15)12(4-8)9-5-10(14)7-11(16)6-9/h2-7,16H,1H3. The van der Waals surface area contributed by atoms with Crippen LogP contribution in [0.15, 0.2) is 36.4 Å². The molecule has 1 nitrogen and oxygen atoms in total. The zero-order valence-electron chi connectivity index (χ0n) is 8.67. The molecule has 82 valence electrons. The molecule has 1 N–H and O–H groups in total. The summed E-state index contributed by atoms with van der Waals surface area (Å²) in [6.07, 6.45) is 0. The van der Waals surface area contributed by atoms with Crippen LogP contribution >= 0.6 is 0 Å². The summed E-state index contributed by atoms with van der Waals surface area (Å²) >= 11 is 0. The van der Waals surface area contributed by atoms with Crippen molar-refractivity contribution in [1.82, 2.24) is 0 Å². The second-order valence-electron chi connectivity index (χ2n) is 3.68. The molecule has 2 aromatic carbocycles. The van der Waals surface area contributed by atoms with Crippen molar-refractivity contribution in [2.24, 2.45) is 0 Å². The topological polar surface area (TPSA) is 20.2 Å². The SMILES string of the molecule is Cc1ccc(F)c(-c2cc(O)cc(F)c2)c1. The molecule has 0 bridgehead atoms. The molecular weight excluding hydrogens is 210 g/mol. The van der Waals surface area contributed by atoms with E-state index in [9.17, 15) is 13.9 Å². The van der Waals surface area contributed by atoms with Gasteiger partial charge in [0.05, 0.1) is 0 Å². The average molecular weight is 220 g/mol. The summed E-state index contributed by atoms with van der Waals surface area (Å²) in [6, 6.07) is 8.09. The van der Waals surface area contributed by atoms with E-state index in [1.807, 2.05) is 6.92 Å². The fourth-order valence-electron chi connectivity index (χ4n) is 1.59. The Morgan fingerprint density at radius 1 is 1.00 bits per heavy atom. The molecule has 0 radical (unpaired) electrons. The molecule has 16 heavy (non-hydrogen) atoms.